The third-order valence-corrected chi connectivity index (χ3v) is 9.83. The molecule has 236 valence electrons. The van der Waals surface area contributed by atoms with E-state index in [0.29, 0.717) is 22.7 Å². The fourth-order valence-corrected chi connectivity index (χ4v) is 6.76. The summed E-state index contributed by atoms with van der Waals surface area (Å²) in [6, 6.07) is 29.0. The smallest absolute Gasteiger partial charge is 0.264 e. The van der Waals surface area contributed by atoms with Crippen molar-refractivity contribution >= 4 is 39.1 Å². The van der Waals surface area contributed by atoms with Crippen LogP contribution in [0.2, 0.25) is 5.02 Å². The summed E-state index contributed by atoms with van der Waals surface area (Å²) in [6.07, 6.45) is 0.937. The highest BCUT2D eigenvalue weighted by atomic mass is 35.5. The van der Waals surface area contributed by atoms with Crippen LogP contribution in [0.15, 0.2) is 108 Å². The molecule has 0 radical (unpaired) electrons. The maximum atomic E-state index is 14.6. The molecule has 7 nitrogen and oxygen atoms in total. The predicted molar refractivity (Wildman–Crippen MR) is 181 cm³/mol. The van der Waals surface area contributed by atoms with Crippen LogP contribution < -0.4 is 9.62 Å². The molecule has 2 amide bonds. The average Bonchev–Trinajstić information content (AvgIpc) is 3.02. The summed E-state index contributed by atoms with van der Waals surface area (Å²) in [7, 11) is -4.17. The Labute approximate surface area is 271 Å². The van der Waals surface area contributed by atoms with Crippen molar-refractivity contribution in [2.45, 2.75) is 64.1 Å². The third kappa shape index (κ3) is 8.74. The van der Waals surface area contributed by atoms with Gasteiger partial charge in [0.25, 0.3) is 10.0 Å². The van der Waals surface area contributed by atoms with Gasteiger partial charge in [0.2, 0.25) is 11.8 Å². The van der Waals surface area contributed by atoms with Gasteiger partial charge in [0.15, 0.2) is 0 Å². The fraction of sp³-hybridized carbons (Fsp3) is 0.278. The van der Waals surface area contributed by atoms with E-state index in [4.69, 9.17) is 11.6 Å². The van der Waals surface area contributed by atoms with Crippen LogP contribution in [0, 0.1) is 13.8 Å². The van der Waals surface area contributed by atoms with Gasteiger partial charge in [0.05, 0.1) is 10.6 Å². The van der Waals surface area contributed by atoms with Crippen LogP contribution in [-0.4, -0.2) is 43.8 Å². The molecule has 0 bridgehead atoms. The average molecular weight is 646 g/mol. The number of hydrogen-bond donors (Lipinski definition) is 1. The van der Waals surface area contributed by atoms with Crippen LogP contribution >= 0.6 is 11.6 Å². The van der Waals surface area contributed by atoms with Gasteiger partial charge >= 0.3 is 0 Å². The SMILES string of the molecule is CC[C@H](C)NC(=O)[C@H](Cc1ccccc1)N(Cc1ccccc1Cl)C(=O)CN(c1cc(C)cc(C)c1)S(=O)(=O)c1ccccc1. The minimum absolute atomic E-state index is 0.00992. The first-order valence-electron chi connectivity index (χ1n) is 15.0. The van der Waals surface area contributed by atoms with Crippen molar-refractivity contribution in [3.8, 4) is 0 Å². The molecule has 0 heterocycles. The fourth-order valence-electron chi connectivity index (χ4n) is 5.15. The van der Waals surface area contributed by atoms with E-state index in [1.165, 1.54) is 17.0 Å². The number of sulfonamides is 1. The number of hydrogen-bond acceptors (Lipinski definition) is 4. The molecule has 9 heteroatoms. The predicted octanol–water partition coefficient (Wildman–Crippen LogP) is 6.71. The molecule has 0 aliphatic carbocycles. The summed E-state index contributed by atoms with van der Waals surface area (Å²) in [5.74, 6) is -0.855. The number of carbonyl (C=O) groups excluding carboxylic acids is 2. The zero-order chi connectivity index (χ0) is 32.6. The summed E-state index contributed by atoms with van der Waals surface area (Å²) < 4.78 is 29.5. The lowest BCUT2D eigenvalue weighted by Crippen LogP contribution is -2.54. The van der Waals surface area contributed by atoms with Crippen LogP contribution in [-0.2, 0) is 32.6 Å². The highest BCUT2D eigenvalue weighted by Gasteiger charge is 2.35. The number of rotatable bonds is 13. The molecule has 45 heavy (non-hydrogen) atoms. The summed E-state index contributed by atoms with van der Waals surface area (Å²) in [4.78, 5) is 30.0. The van der Waals surface area contributed by atoms with E-state index < -0.39 is 28.5 Å². The van der Waals surface area contributed by atoms with Gasteiger partial charge in [-0.05, 0) is 79.8 Å². The van der Waals surface area contributed by atoms with E-state index in [0.717, 1.165) is 21.0 Å². The van der Waals surface area contributed by atoms with Gasteiger partial charge in [-0.3, -0.25) is 13.9 Å². The van der Waals surface area contributed by atoms with Gasteiger partial charge in [0, 0.05) is 24.0 Å². The molecule has 0 fully saturated rings. The number of halogens is 1. The molecular formula is C36H40ClN3O4S. The maximum Gasteiger partial charge on any atom is 0.264 e. The largest absolute Gasteiger partial charge is 0.352 e. The minimum atomic E-state index is -4.17. The first-order chi connectivity index (χ1) is 21.5. The van der Waals surface area contributed by atoms with Gasteiger partial charge in [-0.25, -0.2) is 8.42 Å². The molecule has 2 atom stereocenters. The van der Waals surface area contributed by atoms with Gasteiger partial charge in [0.1, 0.15) is 12.6 Å². The molecular weight excluding hydrogens is 606 g/mol. The molecule has 0 aliphatic rings. The van der Waals surface area contributed by atoms with Crippen molar-refractivity contribution in [3.05, 3.63) is 130 Å². The number of amides is 2. The Hall–Kier alpha value is -4.14. The summed E-state index contributed by atoms with van der Waals surface area (Å²) in [5.41, 5.74) is 3.58. The van der Waals surface area contributed by atoms with Crippen molar-refractivity contribution in [2.75, 3.05) is 10.8 Å². The van der Waals surface area contributed by atoms with Crippen LogP contribution in [0.5, 0.6) is 0 Å². The van der Waals surface area contributed by atoms with Gasteiger partial charge in [-0.2, -0.15) is 0 Å². The monoisotopic (exact) mass is 645 g/mol. The second kappa shape index (κ2) is 15.2. The topological polar surface area (TPSA) is 86.8 Å². The highest BCUT2D eigenvalue weighted by Crippen LogP contribution is 2.27. The zero-order valence-corrected chi connectivity index (χ0v) is 27.7. The van der Waals surface area contributed by atoms with Crippen molar-refractivity contribution in [1.82, 2.24) is 10.2 Å². The van der Waals surface area contributed by atoms with Crippen molar-refractivity contribution in [3.63, 3.8) is 0 Å². The van der Waals surface area contributed by atoms with Crippen LogP contribution in [0.25, 0.3) is 0 Å². The van der Waals surface area contributed by atoms with E-state index in [9.17, 15) is 18.0 Å². The molecule has 4 aromatic carbocycles. The Bertz CT molecular complexity index is 1690. The Morgan fingerprint density at radius 2 is 1.42 bits per heavy atom. The van der Waals surface area contributed by atoms with E-state index in [2.05, 4.69) is 5.32 Å². The van der Waals surface area contributed by atoms with Gasteiger partial charge in [-0.1, -0.05) is 91.3 Å². The number of carbonyl (C=O) groups is 2. The normalized spacial score (nSPS) is 12.6. The Morgan fingerprint density at radius 3 is 2.02 bits per heavy atom. The molecule has 0 spiro atoms. The van der Waals surface area contributed by atoms with E-state index in [-0.39, 0.29) is 29.8 Å². The minimum Gasteiger partial charge on any atom is -0.352 e. The lowest BCUT2D eigenvalue weighted by molar-refractivity contribution is -0.140. The Kier molecular flexibility index (Phi) is 11.4. The van der Waals surface area contributed by atoms with Gasteiger partial charge in [-0.15, -0.1) is 0 Å². The molecule has 0 aromatic heterocycles. The van der Waals surface area contributed by atoms with Gasteiger partial charge < -0.3 is 10.2 Å². The first kappa shape index (κ1) is 33.7. The summed E-state index contributed by atoms with van der Waals surface area (Å²) >= 11 is 6.57. The quantitative estimate of drug-likeness (QED) is 0.175. The maximum absolute atomic E-state index is 14.6. The molecule has 0 aliphatic heterocycles. The van der Waals surface area contributed by atoms with E-state index in [1.54, 1.807) is 48.5 Å². The Morgan fingerprint density at radius 1 is 0.844 bits per heavy atom. The first-order valence-corrected chi connectivity index (χ1v) is 16.8. The second-order valence-electron chi connectivity index (χ2n) is 11.3. The highest BCUT2D eigenvalue weighted by molar-refractivity contribution is 7.92. The van der Waals surface area contributed by atoms with Crippen molar-refractivity contribution in [1.29, 1.82) is 0 Å². The van der Waals surface area contributed by atoms with E-state index in [1.807, 2.05) is 70.2 Å². The van der Waals surface area contributed by atoms with Crippen LogP contribution in [0.4, 0.5) is 5.69 Å². The lowest BCUT2D eigenvalue weighted by Gasteiger charge is -2.34. The summed E-state index contributed by atoms with van der Waals surface area (Å²) in [5, 5.41) is 3.49. The standard InChI is InChI=1S/C36H40ClN3O4S/c1-5-28(4)38-36(42)34(23-29-14-8-6-9-15-29)39(24-30-16-12-13-19-33(30)37)35(41)25-40(31-21-26(2)20-27(3)22-31)45(43,44)32-17-10-7-11-18-32/h6-22,28,34H,5,23-25H2,1-4H3,(H,38,42)/t28-,34-/m0/s1. The number of aryl methyl sites for hydroxylation is 2. The van der Waals surface area contributed by atoms with Crippen LogP contribution in [0.3, 0.4) is 0 Å². The molecule has 0 saturated heterocycles. The molecule has 4 aromatic rings. The van der Waals surface area contributed by atoms with Crippen molar-refractivity contribution in [2.24, 2.45) is 0 Å². The lowest BCUT2D eigenvalue weighted by atomic mass is 10.0. The van der Waals surface area contributed by atoms with Crippen LogP contribution in [0.1, 0.15) is 42.5 Å². The number of benzene rings is 4. The molecule has 0 unspecified atom stereocenters. The number of nitrogens with zero attached hydrogens (tertiary/aromatic N) is 2. The number of anilines is 1. The molecule has 4 rings (SSSR count). The molecule has 1 N–H and O–H groups in total. The third-order valence-electron chi connectivity index (χ3n) is 7.68. The molecule has 0 saturated carbocycles. The zero-order valence-electron chi connectivity index (χ0n) is 26.1. The van der Waals surface area contributed by atoms with Crippen molar-refractivity contribution < 1.29 is 18.0 Å². The second-order valence-corrected chi connectivity index (χ2v) is 13.6. The van der Waals surface area contributed by atoms with E-state index >= 15 is 0 Å². The Balaban J connectivity index is 1.83. The summed E-state index contributed by atoms with van der Waals surface area (Å²) in [6.45, 7) is 7.13. The number of nitrogens with one attached hydrogen (secondary N) is 1.